The summed E-state index contributed by atoms with van der Waals surface area (Å²) in [5.74, 6) is -15.7. The van der Waals surface area contributed by atoms with Gasteiger partial charge in [-0.2, -0.15) is 0 Å². The summed E-state index contributed by atoms with van der Waals surface area (Å²) >= 11 is 0. The molecule has 5 unspecified atom stereocenters. The van der Waals surface area contributed by atoms with Crippen molar-refractivity contribution in [2.45, 2.75) is 30.7 Å². The van der Waals surface area contributed by atoms with E-state index in [-0.39, 0.29) is 22.3 Å². The third kappa shape index (κ3) is 6.06. The van der Waals surface area contributed by atoms with E-state index in [1.165, 1.54) is 36.4 Å². The molecule has 1 saturated heterocycles. The number of esters is 4. The van der Waals surface area contributed by atoms with Gasteiger partial charge in [-0.1, -0.05) is 36.4 Å². The van der Waals surface area contributed by atoms with Gasteiger partial charge in [0.15, 0.2) is 58.9 Å². The van der Waals surface area contributed by atoms with E-state index in [0.717, 1.165) is 12.1 Å². The number of carbonyl (C=O) groups is 4. The zero-order chi connectivity index (χ0) is 49.3. The number of cyclic esters (lactones) is 1. The maximum atomic E-state index is 14.9. The van der Waals surface area contributed by atoms with Crippen molar-refractivity contribution in [2.24, 2.45) is 0 Å². The monoisotopic (exact) mass is 956 g/mol. The number of phenols is 8. The SMILES string of the molecule is O=C1OC2C(O)OC3COC(=O)c4cc(O)c(O)c(O)c4-c4c(O)c(O)c5oc(=O)c6c(ccc7oc(=O)c4c5c76)-c4c(cc(O)c(O)c4O)C(=O)OC3C2OC(=O)c2ccccc2-c2ccccc21. The van der Waals surface area contributed by atoms with Crippen molar-refractivity contribution >= 4 is 56.6 Å². The fraction of sp³-hybridized carbons (Fsp3) is 0.125. The third-order valence-electron chi connectivity index (χ3n) is 12.4. The molecular weight excluding hydrogens is 929 g/mol. The van der Waals surface area contributed by atoms with Gasteiger partial charge in [0.05, 0.1) is 33.0 Å². The predicted octanol–water partition coefficient (Wildman–Crippen LogP) is 4.31. The second kappa shape index (κ2) is 15.2. The Morgan fingerprint density at radius 3 is 1.57 bits per heavy atom. The Hall–Kier alpha value is -9.54. The van der Waals surface area contributed by atoms with Gasteiger partial charge in [0.25, 0.3) is 0 Å². The Kier molecular flexibility index (Phi) is 9.38. The lowest BCUT2D eigenvalue weighted by Gasteiger charge is -2.43. The highest BCUT2D eigenvalue weighted by Gasteiger charge is 2.53. The summed E-state index contributed by atoms with van der Waals surface area (Å²) in [5.41, 5.74) is -9.12. The summed E-state index contributed by atoms with van der Waals surface area (Å²) in [6, 6.07) is 15.0. The highest BCUT2D eigenvalue weighted by molar-refractivity contribution is 6.27. The lowest BCUT2D eigenvalue weighted by atomic mass is 9.88. The molecule has 352 valence electrons. The summed E-state index contributed by atoms with van der Waals surface area (Å²) in [5, 5.41) is 98.4. The fourth-order valence-electron chi connectivity index (χ4n) is 9.28. The van der Waals surface area contributed by atoms with Gasteiger partial charge in [0.1, 0.15) is 18.3 Å². The molecule has 3 aliphatic heterocycles. The van der Waals surface area contributed by atoms with Crippen molar-refractivity contribution in [3.63, 3.8) is 0 Å². The molecule has 5 heterocycles. The fourth-order valence-corrected chi connectivity index (χ4v) is 9.28. The highest BCUT2D eigenvalue weighted by atomic mass is 16.7. The predicted molar refractivity (Wildman–Crippen MR) is 232 cm³/mol. The van der Waals surface area contributed by atoms with Gasteiger partial charge in [-0.3, -0.25) is 0 Å². The van der Waals surface area contributed by atoms with Crippen LogP contribution in [0, 0.1) is 0 Å². The average Bonchev–Trinajstić information content (AvgIpc) is 3.34. The number of hydrogen-bond donors (Lipinski definition) is 9. The number of carbonyl (C=O) groups excluding carboxylic acids is 4. The van der Waals surface area contributed by atoms with E-state index in [4.69, 9.17) is 32.5 Å². The zero-order valence-electron chi connectivity index (χ0n) is 34.9. The molecule has 0 spiro atoms. The second-order valence-corrected chi connectivity index (χ2v) is 16.2. The van der Waals surface area contributed by atoms with Crippen LogP contribution in [-0.4, -0.2) is 107 Å². The Bertz CT molecular complexity index is 3790. The molecule has 22 heteroatoms. The molecule has 9 N–H and O–H groups in total. The molecule has 11 rings (SSSR count). The van der Waals surface area contributed by atoms with Crippen LogP contribution < -0.4 is 11.3 Å². The van der Waals surface area contributed by atoms with Gasteiger partial charge in [-0.05, 0) is 47.5 Å². The third-order valence-corrected chi connectivity index (χ3v) is 12.4. The quantitative estimate of drug-likeness (QED) is 0.0336. The number of fused-ring (bicyclic) bond motifs is 10. The normalized spacial score (nSPS) is 20.1. The molecule has 5 atom stereocenters. The molecule has 0 aliphatic carbocycles. The second-order valence-electron chi connectivity index (χ2n) is 16.2. The Labute approximate surface area is 386 Å². The van der Waals surface area contributed by atoms with Gasteiger partial charge in [-0.25, -0.2) is 28.8 Å². The topological polar surface area (TPSA) is 357 Å². The molecule has 0 saturated carbocycles. The molecule has 6 aromatic carbocycles. The smallest absolute Gasteiger partial charge is 0.345 e. The number of benzene rings is 6. The van der Waals surface area contributed by atoms with Crippen LogP contribution in [0.2, 0.25) is 0 Å². The van der Waals surface area contributed by atoms with E-state index in [0.29, 0.717) is 12.1 Å². The van der Waals surface area contributed by atoms with Crippen LogP contribution in [0.3, 0.4) is 0 Å². The van der Waals surface area contributed by atoms with E-state index in [2.05, 4.69) is 0 Å². The standard InChI is InChI=1S/C48H28O22/c49-21-11-19-25(34(53)32(21)51)18-9-10-23-28-27(18)46(61)68-39-30(28)31(47(62)65-23)29(36(55)37(39)56)26-20(12-22(50)33(52)35(26)54)42(57)64-13-24-38(67-45(19)60)40-41(48(63)66-24)70-44(59)17-8-4-2-6-15(17)14-5-1-3-7-16(14)43(58)69-40/h1-12,24,38,40-41,48-56,63H,13H2. The summed E-state index contributed by atoms with van der Waals surface area (Å²) in [7, 11) is 0. The van der Waals surface area contributed by atoms with Crippen molar-refractivity contribution in [3.8, 4) is 79.4 Å². The van der Waals surface area contributed by atoms with Gasteiger partial charge >= 0.3 is 35.1 Å². The first kappa shape index (κ1) is 43.1. The highest BCUT2D eigenvalue weighted by Crippen LogP contribution is 2.55. The van der Waals surface area contributed by atoms with Gasteiger partial charge < -0.3 is 78.5 Å². The lowest BCUT2D eigenvalue weighted by molar-refractivity contribution is -0.284. The van der Waals surface area contributed by atoms with E-state index in [9.17, 15) is 74.7 Å². The number of aromatic hydroxyl groups is 8. The minimum Gasteiger partial charge on any atom is -0.504 e. The largest absolute Gasteiger partial charge is 0.504 e. The van der Waals surface area contributed by atoms with Crippen molar-refractivity contribution in [2.75, 3.05) is 6.61 Å². The number of rotatable bonds is 0. The summed E-state index contributed by atoms with van der Waals surface area (Å²) in [4.78, 5) is 85.8. The first-order valence-electron chi connectivity index (χ1n) is 20.6. The minimum atomic E-state index is -2.30. The van der Waals surface area contributed by atoms with E-state index in [1.807, 2.05) is 0 Å². The number of ether oxygens (including phenoxy) is 5. The number of hydrogen-bond acceptors (Lipinski definition) is 22. The number of aliphatic hydroxyl groups is 1. The molecule has 70 heavy (non-hydrogen) atoms. The van der Waals surface area contributed by atoms with Crippen molar-refractivity contribution < 1.29 is 97.7 Å². The lowest BCUT2D eigenvalue weighted by Crippen LogP contribution is -2.62. The molecule has 1 fully saturated rings. The Morgan fingerprint density at radius 2 is 0.943 bits per heavy atom. The first-order valence-corrected chi connectivity index (χ1v) is 20.6. The maximum Gasteiger partial charge on any atom is 0.345 e. The van der Waals surface area contributed by atoms with Crippen LogP contribution in [-0.2, 0) is 23.7 Å². The van der Waals surface area contributed by atoms with Gasteiger partial charge in [-0.15, -0.1) is 0 Å². The number of aliphatic hydroxyl groups excluding tert-OH is 1. The van der Waals surface area contributed by atoms with Crippen LogP contribution in [0.5, 0.6) is 46.0 Å². The molecule has 6 bridgehead atoms. The first-order chi connectivity index (χ1) is 33.5. The Balaban J connectivity index is 1.20. The van der Waals surface area contributed by atoms with E-state index >= 15 is 0 Å². The van der Waals surface area contributed by atoms with Gasteiger partial charge in [0, 0.05) is 33.0 Å². The van der Waals surface area contributed by atoms with E-state index < -0.39 is 185 Å². The summed E-state index contributed by atoms with van der Waals surface area (Å²) in [6.07, 6.45) is -10.7. The van der Waals surface area contributed by atoms with Crippen molar-refractivity contribution in [3.05, 3.63) is 116 Å². The molecule has 0 radical (unpaired) electrons. The van der Waals surface area contributed by atoms with Crippen molar-refractivity contribution in [1.29, 1.82) is 0 Å². The molecule has 2 aromatic heterocycles. The molecule has 22 nitrogen and oxygen atoms in total. The van der Waals surface area contributed by atoms with Gasteiger partial charge in [0.2, 0.25) is 17.2 Å². The minimum absolute atomic E-state index is 0.0998. The molecular formula is C48H28O22. The van der Waals surface area contributed by atoms with Crippen LogP contribution >= 0.6 is 0 Å². The molecule has 8 aromatic rings. The maximum absolute atomic E-state index is 14.9. The van der Waals surface area contributed by atoms with E-state index in [1.54, 1.807) is 12.1 Å². The number of phenolic OH excluding ortho intramolecular Hbond substituents is 8. The zero-order valence-corrected chi connectivity index (χ0v) is 34.9. The summed E-state index contributed by atoms with van der Waals surface area (Å²) in [6.45, 7) is -1.17. The average molecular weight is 957 g/mol. The Morgan fingerprint density at radius 1 is 0.429 bits per heavy atom. The van der Waals surface area contributed by atoms with Crippen LogP contribution in [0.25, 0.3) is 66.1 Å². The molecule has 0 amide bonds. The van der Waals surface area contributed by atoms with Crippen LogP contribution in [0.15, 0.2) is 91.2 Å². The van der Waals surface area contributed by atoms with Crippen LogP contribution in [0.1, 0.15) is 41.4 Å². The summed E-state index contributed by atoms with van der Waals surface area (Å²) < 4.78 is 40.0. The van der Waals surface area contributed by atoms with Crippen LogP contribution in [0.4, 0.5) is 0 Å². The van der Waals surface area contributed by atoms with Crippen molar-refractivity contribution in [1.82, 2.24) is 0 Å². The molecule has 3 aliphatic rings.